The van der Waals surface area contributed by atoms with Gasteiger partial charge in [-0.2, -0.15) is 5.10 Å². The van der Waals surface area contributed by atoms with Gasteiger partial charge in [-0.15, -0.1) is 0 Å². The predicted octanol–water partition coefficient (Wildman–Crippen LogP) is 8.38. The molecule has 0 bridgehead atoms. The number of aryl methyl sites for hydroxylation is 1. The number of primary amides is 1. The minimum Gasteiger partial charge on any atom is -0.494 e. The van der Waals surface area contributed by atoms with Crippen molar-refractivity contribution in [2.45, 2.75) is 95.2 Å². The summed E-state index contributed by atoms with van der Waals surface area (Å²) in [4.78, 5) is 57.3. The monoisotopic (exact) mass is 978 g/mol. The van der Waals surface area contributed by atoms with E-state index in [9.17, 15) is 19.2 Å². The predicted molar refractivity (Wildman–Crippen MR) is 264 cm³/mol. The van der Waals surface area contributed by atoms with Crippen molar-refractivity contribution >= 4 is 52.1 Å². The van der Waals surface area contributed by atoms with Crippen molar-refractivity contribution in [3.8, 4) is 22.6 Å². The van der Waals surface area contributed by atoms with Crippen LogP contribution in [0.3, 0.4) is 0 Å². The molecular formula is C53H61ClF2N8O6. The van der Waals surface area contributed by atoms with Crippen molar-refractivity contribution in [3.05, 3.63) is 106 Å². The number of halogens is 3. The highest BCUT2D eigenvalue weighted by Crippen LogP contribution is 2.56. The molecule has 3 fully saturated rings. The Morgan fingerprint density at radius 3 is 2.40 bits per heavy atom. The topological polar surface area (TPSA) is 164 Å². The van der Waals surface area contributed by atoms with Crippen molar-refractivity contribution in [3.63, 3.8) is 0 Å². The molecule has 5 aromatic rings. The first kappa shape index (κ1) is 48.9. The molecule has 1 aliphatic carbocycles. The van der Waals surface area contributed by atoms with Crippen LogP contribution in [-0.2, 0) is 22.2 Å². The molecule has 1 saturated carbocycles. The van der Waals surface area contributed by atoms with E-state index in [2.05, 4.69) is 46.6 Å². The summed E-state index contributed by atoms with van der Waals surface area (Å²) >= 11 is 6.71. The Balaban J connectivity index is 0.825. The van der Waals surface area contributed by atoms with Crippen molar-refractivity contribution in [2.24, 2.45) is 18.7 Å². The summed E-state index contributed by atoms with van der Waals surface area (Å²) in [7, 11) is 3.18. The van der Waals surface area contributed by atoms with Gasteiger partial charge in [-0.25, -0.2) is 13.6 Å². The first-order valence-electron chi connectivity index (χ1n) is 24.4. The number of urea groups is 1. The molecule has 4 N–H and O–H groups in total. The summed E-state index contributed by atoms with van der Waals surface area (Å²) < 4.78 is 46.0. The molecule has 2 saturated heterocycles. The fourth-order valence-corrected chi connectivity index (χ4v) is 11.5. The maximum absolute atomic E-state index is 16.3. The Bertz CT molecular complexity index is 2830. The number of carbonyl (C=O) groups is 4. The maximum atomic E-state index is 16.3. The molecule has 14 nitrogen and oxygen atoms in total. The van der Waals surface area contributed by atoms with Gasteiger partial charge in [0.25, 0.3) is 0 Å². The summed E-state index contributed by atoms with van der Waals surface area (Å²) in [5.74, 6) is -2.36. The fourth-order valence-electron chi connectivity index (χ4n) is 11.3. The quantitative estimate of drug-likeness (QED) is 0.0992. The minimum absolute atomic E-state index is 0.00675. The summed E-state index contributed by atoms with van der Waals surface area (Å²) in [6.07, 6.45) is 5.21. The number of anilines is 1. The van der Waals surface area contributed by atoms with E-state index in [-0.39, 0.29) is 69.4 Å². The number of ether oxygens (including phenoxy) is 2. The number of rotatable bonds is 14. The lowest BCUT2D eigenvalue weighted by atomic mass is 9.77. The number of fused-ring (bicyclic) bond motifs is 2. The van der Waals surface area contributed by atoms with Crippen molar-refractivity contribution in [1.82, 2.24) is 30.2 Å². The summed E-state index contributed by atoms with van der Waals surface area (Å²) in [5.41, 5.74) is 7.70. The molecule has 0 spiro atoms. The smallest absolute Gasteiger partial charge is 0.329 e. The van der Waals surface area contributed by atoms with Crippen LogP contribution in [0.15, 0.2) is 66.7 Å². The normalized spacial score (nSPS) is 22.0. The Labute approximate surface area is 411 Å². The van der Waals surface area contributed by atoms with Crippen molar-refractivity contribution in [1.29, 1.82) is 0 Å². The molecule has 0 unspecified atom stereocenters. The van der Waals surface area contributed by atoms with E-state index in [0.717, 1.165) is 74.6 Å². The number of amides is 5. The molecule has 4 heterocycles. The van der Waals surface area contributed by atoms with Gasteiger partial charge in [-0.1, -0.05) is 54.9 Å². The number of hydrogen-bond donors (Lipinski definition) is 3. The zero-order chi connectivity index (χ0) is 49.6. The molecule has 9 rings (SSSR count). The molecule has 2 atom stereocenters. The van der Waals surface area contributed by atoms with Crippen LogP contribution >= 0.6 is 11.6 Å². The van der Waals surface area contributed by atoms with Crippen molar-refractivity contribution < 1.29 is 37.4 Å². The Morgan fingerprint density at radius 2 is 1.73 bits per heavy atom. The molecule has 4 aromatic carbocycles. The Hall–Kier alpha value is -6.10. The van der Waals surface area contributed by atoms with Gasteiger partial charge in [0.05, 0.1) is 23.2 Å². The van der Waals surface area contributed by atoms with E-state index < -0.39 is 35.1 Å². The SMILES string of the molecule is COc1ccc(C(N)=O)c(-c2c(Cl)c(F)cc3c2[C@H](C)[C@@](CNC2CCC(C(=O)N(CCN4CCC(c5ccc6c(N7CCC(=O)NC7=O)nn(C)c6c5)CC4)C(C)C)CC2)(c2ccccc2)O3)c1F. The zero-order valence-electron chi connectivity index (χ0n) is 40.3. The number of imide groups is 1. The third-order valence-electron chi connectivity index (χ3n) is 15.3. The van der Waals surface area contributed by atoms with Crippen molar-refractivity contribution in [2.75, 3.05) is 51.3 Å². The number of benzene rings is 4. The fraction of sp³-hybridized carbons (Fsp3) is 0.453. The zero-order valence-corrected chi connectivity index (χ0v) is 41.1. The van der Waals surface area contributed by atoms with Crippen LogP contribution in [0.1, 0.15) is 105 Å². The number of likely N-dealkylation sites (tertiary alicyclic amines) is 1. The number of piperidine rings is 1. The number of methoxy groups -OCH3 is 1. The van der Waals surface area contributed by atoms with Crippen LogP contribution in [0.5, 0.6) is 11.5 Å². The molecule has 5 amide bonds. The van der Waals surface area contributed by atoms with Gasteiger partial charge in [0.15, 0.2) is 23.0 Å². The van der Waals surface area contributed by atoms with Crippen LogP contribution in [0.4, 0.5) is 19.4 Å². The van der Waals surface area contributed by atoms with Crippen LogP contribution < -0.4 is 30.7 Å². The molecule has 3 aliphatic heterocycles. The lowest BCUT2D eigenvalue weighted by Crippen LogP contribution is -2.49. The van der Waals surface area contributed by atoms with E-state index in [4.69, 9.17) is 26.8 Å². The Kier molecular flexibility index (Phi) is 13.9. The van der Waals surface area contributed by atoms with E-state index in [1.807, 2.05) is 55.3 Å². The lowest BCUT2D eigenvalue weighted by Gasteiger charge is -2.39. The Morgan fingerprint density at radius 1 is 1.00 bits per heavy atom. The van der Waals surface area contributed by atoms with Crippen LogP contribution in [0.25, 0.3) is 22.0 Å². The number of aromatic nitrogens is 2. The van der Waals surface area contributed by atoms with Gasteiger partial charge in [0.1, 0.15) is 11.6 Å². The molecule has 70 heavy (non-hydrogen) atoms. The van der Waals surface area contributed by atoms with Gasteiger partial charge in [-0.3, -0.25) is 29.3 Å². The van der Waals surface area contributed by atoms with E-state index in [1.165, 1.54) is 35.8 Å². The van der Waals surface area contributed by atoms with Gasteiger partial charge in [0, 0.05) is 91.7 Å². The number of nitrogens with one attached hydrogen (secondary N) is 2. The minimum atomic E-state index is -1.08. The third kappa shape index (κ3) is 9.09. The molecule has 1 aromatic heterocycles. The standard InChI is InChI=1S/C53H61ClF2N8O6/c1-30(2)63(26-25-62-22-19-32(20-23-62)34-13-16-37-40(27-34)61(4)60-50(37)64-24-21-43(65)59-52(64)68)51(67)33-11-14-36(15-12-33)58-29-53(35-9-7-6-8-10-35)31(3)44-42(70-53)28-39(55)47(54)46(44)45-38(49(57)66)17-18-41(69-5)48(45)56/h6-10,13,16-18,27-28,30-33,36,58H,11-12,14-15,19-26,29H2,1-5H3,(H2,57,66)(H,59,65,68)/t31-,33?,36?,53-/m0/s1. The van der Waals surface area contributed by atoms with Gasteiger partial charge in [0.2, 0.25) is 17.7 Å². The average molecular weight is 980 g/mol. The number of nitrogens with two attached hydrogens (primary N) is 1. The largest absolute Gasteiger partial charge is 0.494 e. The summed E-state index contributed by atoms with van der Waals surface area (Å²) in [6.45, 7) is 10.0. The molecule has 0 radical (unpaired) electrons. The molecule has 17 heteroatoms. The van der Waals surface area contributed by atoms with Gasteiger partial charge >= 0.3 is 6.03 Å². The molecule has 370 valence electrons. The first-order valence-corrected chi connectivity index (χ1v) is 24.7. The number of hydrogen-bond acceptors (Lipinski definition) is 9. The molecular weight excluding hydrogens is 918 g/mol. The summed E-state index contributed by atoms with van der Waals surface area (Å²) in [5, 5.41) is 11.3. The number of carbonyl (C=O) groups excluding carboxylic acids is 4. The summed E-state index contributed by atoms with van der Waals surface area (Å²) in [6, 6.07) is 19.5. The second-order valence-corrected chi connectivity index (χ2v) is 19.9. The van der Waals surface area contributed by atoms with E-state index in [0.29, 0.717) is 36.9 Å². The first-order chi connectivity index (χ1) is 33.6. The number of nitrogens with zero attached hydrogens (tertiary/aromatic N) is 5. The molecule has 4 aliphatic rings. The van der Waals surface area contributed by atoms with E-state index in [1.54, 1.807) is 4.68 Å². The highest BCUT2D eigenvalue weighted by atomic mass is 35.5. The van der Waals surface area contributed by atoms with Crippen LogP contribution in [-0.4, -0.2) is 102 Å². The van der Waals surface area contributed by atoms with Gasteiger partial charge in [-0.05, 0) is 107 Å². The highest BCUT2D eigenvalue weighted by molar-refractivity contribution is 6.34. The van der Waals surface area contributed by atoms with Crippen LogP contribution in [0, 0.1) is 17.6 Å². The third-order valence-corrected chi connectivity index (χ3v) is 15.6. The highest BCUT2D eigenvalue weighted by Gasteiger charge is 2.50. The lowest BCUT2D eigenvalue weighted by molar-refractivity contribution is -0.138. The van der Waals surface area contributed by atoms with E-state index >= 15 is 8.78 Å². The maximum Gasteiger partial charge on any atom is 0.329 e. The average Bonchev–Trinajstić information content (AvgIpc) is 3.83. The second-order valence-electron chi connectivity index (χ2n) is 19.6. The second kappa shape index (κ2) is 20.0. The van der Waals surface area contributed by atoms with Crippen LogP contribution in [0.2, 0.25) is 5.02 Å². The van der Waals surface area contributed by atoms with Gasteiger partial charge < -0.3 is 30.3 Å².